The summed E-state index contributed by atoms with van der Waals surface area (Å²) in [5.41, 5.74) is -1.45. The Hall–Kier alpha value is -3.85. The number of aliphatic imine (C=N–C) groups is 1. The van der Waals surface area contributed by atoms with E-state index in [4.69, 9.17) is 14.2 Å². The Bertz CT molecular complexity index is 2070. The number of ether oxygens (including phenoxy) is 3. The molecule has 0 atom stereocenters. The second-order valence-corrected chi connectivity index (χ2v) is 29.1. The molecule has 4 aliphatic rings. The summed E-state index contributed by atoms with van der Waals surface area (Å²) in [4.78, 5) is 81.7. The lowest BCUT2D eigenvalue weighted by molar-refractivity contribution is -0.176. The summed E-state index contributed by atoms with van der Waals surface area (Å²) in [6.45, 7) is 47.9. The quantitative estimate of drug-likeness (QED) is 0.151. The van der Waals surface area contributed by atoms with Gasteiger partial charge >= 0.3 is 17.9 Å². The number of carbonyl (C=O) groups excluding carboxylic acids is 6. The molecule has 2 aliphatic heterocycles. The van der Waals surface area contributed by atoms with Crippen LogP contribution in [0.2, 0.25) is 0 Å². The molecule has 0 N–H and O–H groups in total. The average Bonchev–Trinajstić information content (AvgIpc) is 3.97. The molecule has 1 aromatic rings. The maximum absolute atomic E-state index is 13.0. The van der Waals surface area contributed by atoms with Gasteiger partial charge in [0, 0.05) is 66.2 Å². The van der Waals surface area contributed by atoms with Crippen LogP contribution in [0.5, 0.6) is 0 Å². The normalized spacial score (nSPS) is 19.1. The predicted octanol–water partition coefficient (Wildman–Crippen LogP) is 14.4. The first-order chi connectivity index (χ1) is 32.9. The maximum Gasteiger partial charge on any atom is 0.311 e. The third-order valence-corrected chi connectivity index (χ3v) is 12.2. The maximum atomic E-state index is 13.0. The lowest BCUT2D eigenvalue weighted by Gasteiger charge is -2.39. The summed E-state index contributed by atoms with van der Waals surface area (Å²) < 4.78 is 28.7. The molecule has 2 saturated carbocycles. The summed E-state index contributed by atoms with van der Waals surface area (Å²) in [5.74, 6) is 0.0841. The SMILES string of the molecule is C.CC(C)(C)C(=O)N1CCCC1.CC(C)(C)OC(=O)C(C)(C)C.CC1(F)CC(OC(=O)C(C)(C)C)C1.CC1(OC(=O)C(C)(C)C)CCC1.CC1=NC(C(=O)C(C)(C)C)=CC1.CN(C)Cc1nc(C(=O)C(C)(C)C)cs1. The fourth-order valence-corrected chi connectivity index (χ4v) is 7.38. The molecular weight excluding hydrogens is 972 g/mol. The highest BCUT2D eigenvalue weighted by molar-refractivity contribution is 7.09. The van der Waals surface area contributed by atoms with E-state index in [0.717, 1.165) is 49.6 Å². The average molecular weight is 1080 g/mol. The van der Waals surface area contributed by atoms with Crippen molar-refractivity contribution in [2.45, 2.75) is 254 Å². The van der Waals surface area contributed by atoms with Crippen LogP contribution in [0.4, 0.5) is 4.39 Å². The van der Waals surface area contributed by atoms with Gasteiger partial charge in [-0.15, -0.1) is 11.3 Å². The number of alkyl halides is 1. The zero-order chi connectivity index (χ0) is 58.4. The van der Waals surface area contributed by atoms with Gasteiger partial charge in [0.2, 0.25) is 5.91 Å². The van der Waals surface area contributed by atoms with Crippen LogP contribution >= 0.6 is 11.3 Å². The Morgan fingerprint density at radius 3 is 1.44 bits per heavy atom. The van der Waals surface area contributed by atoms with E-state index in [9.17, 15) is 33.2 Å². The van der Waals surface area contributed by atoms with Crippen LogP contribution < -0.4 is 0 Å². The minimum Gasteiger partial charge on any atom is -0.462 e. The Morgan fingerprint density at radius 1 is 0.680 bits per heavy atom. The predicted molar refractivity (Wildman–Crippen MR) is 307 cm³/mol. The van der Waals surface area contributed by atoms with Gasteiger partial charge in [-0.1, -0.05) is 69.7 Å². The van der Waals surface area contributed by atoms with E-state index in [0.29, 0.717) is 30.1 Å². The van der Waals surface area contributed by atoms with Gasteiger partial charge in [-0.05, 0) is 156 Å². The van der Waals surface area contributed by atoms with Crippen molar-refractivity contribution in [3.63, 3.8) is 0 Å². The van der Waals surface area contributed by atoms with E-state index in [1.807, 2.05) is 174 Å². The minimum absolute atomic E-state index is 0. The number of rotatable bonds is 6. The monoisotopic (exact) mass is 1080 g/mol. The van der Waals surface area contributed by atoms with Gasteiger partial charge in [-0.3, -0.25) is 33.8 Å². The molecule has 13 nitrogen and oxygen atoms in total. The summed E-state index contributed by atoms with van der Waals surface area (Å²) in [5, 5.41) is 2.85. The van der Waals surface area contributed by atoms with E-state index in [1.54, 1.807) is 32.1 Å². The van der Waals surface area contributed by atoms with Crippen LogP contribution in [0, 0.1) is 32.5 Å². The fraction of sp³-hybridized carbons (Fsp3) is 0.800. The number of carbonyl (C=O) groups is 6. The smallest absolute Gasteiger partial charge is 0.311 e. The highest BCUT2D eigenvalue weighted by atomic mass is 32.1. The molecule has 3 fully saturated rings. The number of amides is 1. The minimum atomic E-state index is -1.12. The molecule has 434 valence electrons. The molecular formula is C60H107FN4O9S. The number of allylic oxidation sites excluding steroid dienone is 2. The van der Waals surface area contributed by atoms with Crippen molar-refractivity contribution in [1.82, 2.24) is 14.8 Å². The second-order valence-electron chi connectivity index (χ2n) is 28.2. The number of likely N-dealkylation sites (tertiary alicyclic amines) is 1. The van der Waals surface area contributed by atoms with Crippen molar-refractivity contribution in [2.75, 3.05) is 27.2 Å². The first kappa shape index (κ1) is 73.2. The van der Waals surface area contributed by atoms with Crippen molar-refractivity contribution in [2.24, 2.45) is 37.5 Å². The van der Waals surface area contributed by atoms with Crippen LogP contribution in [-0.2, 0) is 44.7 Å². The topological polar surface area (TPSA) is 162 Å². The number of hydrogen-bond donors (Lipinski definition) is 0. The molecule has 0 bridgehead atoms. The van der Waals surface area contributed by atoms with Crippen LogP contribution in [0.15, 0.2) is 22.1 Å². The molecule has 0 unspecified atom stereocenters. The molecule has 75 heavy (non-hydrogen) atoms. The standard InChI is InChI=1S/C11H18N2OS.C10H17FO2.C10H15NO.C10H18O2.C9H17NO.C9H18O2.CH4/c1-11(2,3)10(14)8-7-15-9(12-8)6-13(4)5;1-9(2,3)8(12)13-7-5-10(4,11)6-7;1-7-5-6-8(11-7)9(12)10(2,3)4;1-9(2,3)8(11)12-10(4)6-5-7-10;1-9(2,3)8(11)10-6-4-5-7-10;1-8(2,3)7(10)11-9(4,5)6;/h7H,6H2,1-5H3;7H,5-6H2,1-4H3;6H,5H2,1-4H3;5-7H2,1-4H3;4-7H2,1-3H3;1-6H3;1H4. The van der Waals surface area contributed by atoms with Crippen molar-refractivity contribution in [3.05, 3.63) is 27.9 Å². The fourth-order valence-electron chi connectivity index (χ4n) is 6.49. The van der Waals surface area contributed by atoms with Crippen LogP contribution in [0.1, 0.15) is 240 Å². The van der Waals surface area contributed by atoms with E-state index in [1.165, 1.54) is 26.2 Å². The number of ketones is 2. The van der Waals surface area contributed by atoms with Gasteiger partial charge in [-0.25, -0.2) is 9.37 Å². The van der Waals surface area contributed by atoms with E-state index >= 15 is 0 Å². The number of thiazole rings is 1. The van der Waals surface area contributed by atoms with E-state index in [2.05, 4.69) is 9.98 Å². The Balaban J connectivity index is 0. The first-order valence-electron chi connectivity index (χ1n) is 26.5. The van der Waals surface area contributed by atoms with Crippen molar-refractivity contribution in [1.29, 1.82) is 0 Å². The number of esters is 3. The third kappa shape index (κ3) is 29.5. The van der Waals surface area contributed by atoms with Crippen LogP contribution in [0.3, 0.4) is 0 Å². The zero-order valence-electron chi connectivity index (χ0n) is 51.3. The lowest BCUT2D eigenvalue weighted by Crippen LogP contribution is -2.44. The molecule has 0 spiro atoms. The molecule has 5 rings (SSSR count). The Labute approximate surface area is 459 Å². The number of hydrogen-bond acceptors (Lipinski definition) is 13. The molecule has 0 aromatic carbocycles. The largest absolute Gasteiger partial charge is 0.462 e. The number of halogens is 1. The third-order valence-electron chi connectivity index (χ3n) is 11.3. The molecule has 1 amide bonds. The molecule has 15 heteroatoms. The van der Waals surface area contributed by atoms with Gasteiger partial charge in [0.15, 0.2) is 11.6 Å². The Morgan fingerprint density at radius 2 is 1.13 bits per heavy atom. The Kier molecular flexibility index (Phi) is 28.0. The van der Waals surface area contributed by atoms with E-state index < -0.39 is 16.5 Å². The second kappa shape index (κ2) is 28.7. The summed E-state index contributed by atoms with van der Waals surface area (Å²) in [7, 11) is 3.99. The van der Waals surface area contributed by atoms with Crippen LogP contribution in [-0.4, -0.2) is 106 Å². The van der Waals surface area contributed by atoms with Crippen LogP contribution in [0.25, 0.3) is 0 Å². The van der Waals surface area contributed by atoms with Crippen molar-refractivity contribution >= 4 is 52.4 Å². The number of aromatic nitrogens is 1. The van der Waals surface area contributed by atoms with Gasteiger partial charge in [-0.2, -0.15) is 0 Å². The molecule has 1 saturated heterocycles. The lowest BCUT2D eigenvalue weighted by atomic mass is 9.80. The van der Waals surface area contributed by atoms with Crippen molar-refractivity contribution in [3.8, 4) is 0 Å². The number of Topliss-reactive ketones (excluding diaryl/α,β-unsaturated/α-hetero) is 2. The summed E-state index contributed by atoms with van der Waals surface area (Å²) in [6, 6.07) is 0. The van der Waals surface area contributed by atoms with Gasteiger partial charge in [0.1, 0.15) is 39.4 Å². The highest BCUT2D eigenvalue weighted by Gasteiger charge is 2.44. The summed E-state index contributed by atoms with van der Waals surface area (Å²) in [6.07, 6.45) is 8.81. The van der Waals surface area contributed by atoms with E-state index in [-0.39, 0.29) is 75.9 Å². The first-order valence-corrected chi connectivity index (χ1v) is 27.4. The zero-order valence-corrected chi connectivity index (χ0v) is 52.1. The summed E-state index contributed by atoms with van der Waals surface area (Å²) >= 11 is 1.55. The van der Waals surface area contributed by atoms with Gasteiger partial charge in [0.25, 0.3) is 0 Å². The van der Waals surface area contributed by atoms with Crippen molar-refractivity contribution < 1.29 is 47.4 Å². The molecule has 1 aromatic heterocycles. The molecule has 3 heterocycles. The highest BCUT2D eigenvalue weighted by Crippen LogP contribution is 2.39. The molecule has 0 radical (unpaired) electrons. The van der Waals surface area contributed by atoms with Gasteiger partial charge in [0.05, 0.1) is 16.2 Å². The number of nitrogens with zero attached hydrogens (tertiary/aromatic N) is 4. The van der Waals surface area contributed by atoms with Gasteiger partial charge < -0.3 is 24.0 Å². The molecule has 2 aliphatic carbocycles.